The van der Waals surface area contributed by atoms with Crippen molar-refractivity contribution in [3.63, 3.8) is 0 Å². The van der Waals surface area contributed by atoms with Crippen LogP contribution in [0, 0.1) is 0 Å². The van der Waals surface area contributed by atoms with Gasteiger partial charge >= 0.3 is 0 Å². The Hall–Kier alpha value is -1.42. The molecule has 1 amide bonds. The molecule has 1 aromatic heterocycles. The molecule has 14 heavy (non-hydrogen) atoms. The van der Waals surface area contributed by atoms with Crippen LogP contribution in [-0.4, -0.2) is 16.6 Å². The van der Waals surface area contributed by atoms with E-state index in [9.17, 15) is 4.79 Å². The first kappa shape index (κ1) is 10.7. The van der Waals surface area contributed by atoms with Crippen LogP contribution in [0.4, 0.5) is 0 Å². The Morgan fingerprint density at radius 3 is 2.71 bits per heavy atom. The summed E-state index contributed by atoms with van der Waals surface area (Å²) in [7, 11) is 0. The van der Waals surface area contributed by atoms with E-state index in [1.54, 1.807) is 25.3 Å². The summed E-state index contributed by atoms with van der Waals surface area (Å²) in [6.07, 6.45) is 1.60. The molecule has 0 aliphatic rings. The molecule has 1 N–H and O–H groups in total. The van der Waals surface area contributed by atoms with Crippen LogP contribution in [0.25, 0.3) is 0 Å². The third-order valence-corrected chi connectivity index (χ3v) is 1.75. The minimum Gasteiger partial charge on any atom is -0.274 e. The summed E-state index contributed by atoms with van der Waals surface area (Å²) in [6.45, 7) is 3.18. The van der Waals surface area contributed by atoms with Crippen LogP contribution < -0.4 is 5.43 Å². The molecule has 5 heteroatoms. The molecule has 0 saturated carbocycles. The Morgan fingerprint density at radius 2 is 2.21 bits per heavy atom. The number of hydrogen-bond acceptors (Lipinski definition) is 3. The summed E-state index contributed by atoms with van der Waals surface area (Å²) in [5.41, 5.74) is 3.85. The first-order valence-electron chi connectivity index (χ1n) is 4.02. The van der Waals surface area contributed by atoms with Gasteiger partial charge in [0.1, 0.15) is 5.15 Å². The molecule has 1 rings (SSSR count). The molecule has 0 fully saturated rings. The maximum atomic E-state index is 10.6. The van der Waals surface area contributed by atoms with Crippen molar-refractivity contribution in [3.8, 4) is 0 Å². The Kier molecular flexibility index (Phi) is 3.59. The quantitative estimate of drug-likeness (QED) is 0.459. The van der Waals surface area contributed by atoms with Gasteiger partial charge in [0.2, 0.25) is 5.91 Å². The molecule has 0 unspecified atom stereocenters. The van der Waals surface area contributed by atoms with Gasteiger partial charge in [0.05, 0.1) is 5.71 Å². The van der Waals surface area contributed by atoms with Crippen LogP contribution in [0.15, 0.2) is 23.4 Å². The van der Waals surface area contributed by atoms with Gasteiger partial charge < -0.3 is 0 Å². The van der Waals surface area contributed by atoms with Gasteiger partial charge in [-0.25, -0.2) is 10.4 Å². The number of nitrogens with zero attached hydrogens (tertiary/aromatic N) is 2. The van der Waals surface area contributed by atoms with Crippen molar-refractivity contribution in [2.45, 2.75) is 13.8 Å². The zero-order valence-corrected chi connectivity index (χ0v) is 8.67. The standard InChI is InChI=1S/C9H10ClN3O/c1-6(12-13-7(2)14)8-3-4-9(10)11-5-8/h3-5H,1-2H3,(H,13,14). The van der Waals surface area contributed by atoms with E-state index in [0.717, 1.165) is 5.56 Å². The molecule has 0 radical (unpaired) electrons. The lowest BCUT2D eigenvalue weighted by Crippen LogP contribution is -2.15. The molecule has 0 aliphatic heterocycles. The number of halogens is 1. The fourth-order valence-electron chi connectivity index (χ4n) is 0.817. The van der Waals surface area contributed by atoms with Gasteiger partial charge in [-0.05, 0) is 19.1 Å². The highest BCUT2D eigenvalue weighted by atomic mass is 35.5. The number of amides is 1. The second kappa shape index (κ2) is 4.72. The summed E-state index contributed by atoms with van der Waals surface area (Å²) < 4.78 is 0. The van der Waals surface area contributed by atoms with Crippen LogP contribution in [-0.2, 0) is 4.79 Å². The number of aromatic nitrogens is 1. The Labute approximate surface area is 87.0 Å². The highest BCUT2D eigenvalue weighted by molar-refractivity contribution is 6.29. The lowest BCUT2D eigenvalue weighted by Gasteiger charge is -1.99. The van der Waals surface area contributed by atoms with Gasteiger partial charge in [-0.2, -0.15) is 5.10 Å². The minimum absolute atomic E-state index is 0.203. The van der Waals surface area contributed by atoms with Gasteiger partial charge in [-0.3, -0.25) is 4.79 Å². The molecule has 1 aromatic rings. The number of rotatable bonds is 2. The topological polar surface area (TPSA) is 54.4 Å². The summed E-state index contributed by atoms with van der Waals surface area (Å²) in [5.74, 6) is -0.203. The molecule has 0 bridgehead atoms. The second-order valence-corrected chi connectivity index (χ2v) is 3.12. The lowest BCUT2D eigenvalue weighted by atomic mass is 10.2. The summed E-state index contributed by atoms with van der Waals surface area (Å²) in [5, 5.41) is 4.29. The van der Waals surface area contributed by atoms with Crippen molar-refractivity contribution in [2.75, 3.05) is 0 Å². The van der Waals surface area contributed by atoms with Crippen LogP contribution in [0.5, 0.6) is 0 Å². The predicted octanol–water partition coefficient (Wildman–Crippen LogP) is 1.60. The van der Waals surface area contributed by atoms with E-state index in [2.05, 4.69) is 15.5 Å². The molecule has 0 atom stereocenters. The van der Waals surface area contributed by atoms with Crippen LogP contribution in [0.2, 0.25) is 5.15 Å². The fourth-order valence-corrected chi connectivity index (χ4v) is 0.929. The Balaban J connectivity index is 2.78. The Morgan fingerprint density at radius 1 is 1.50 bits per heavy atom. The minimum atomic E-state index is -0.203. The van der Waals surface area contributed by atoms with E-state index in [-0.39, 0.29) is 5.91 Å². The molecule has 74 valence electrons. The van der Waals surface area contributed by atoms with Crippen molar-refractivity contribution in [1.82, 2.24) is 10.4 Å². The fraction of sp³-hybridized carbons (Fsp3) is 0.222. The van der Waals surface area contributed by atoms with Gasteiger partial charge in [0, 0.05) is 18.7 Å². The van der Waals surface area contributed by atoms with E-state index in [0.29, 0.717) is 10.9 Å². The van der Waals surface area contributed by atoms with Crippen molar-refractivity contribution >= 4 is 23.2 Å². The number of carbonyl (C=O) groups excluding carboxylic acids is 1. The zero-order chi connectivity index (χ0) is 10.6. The number of hydrogen-bond donors (Lipinski definition) is 1. The third-order valence-electron chi connectivity index (χ3n) is 1.53. The van der Waals surface area contributed by atoms with Gasteiger partial charge in [0.15, 0.2) is 0 Å². The van der Waals surface area contributed by atoms with Crippen molar-refractivity contribution in [2.24, 2.45) is 5.10 Å². The van der Waals surface area contributed by atoms with Crippen molar-refractivity contribution in [3.05, 3.63) is 29.0 Å². The number of hydrazone groups is 1. The number of carbonyl (C=O) groups is 1. The van der Waals surface area contributed by atoms with E-state index >= 15 is 0 Å². The van der Waals surface area contributed by atoms with E-state index in [1.165, 1.54) is 6.92 Å². The summed E-state index contributed by atoms with van der Waals surface area (Å²) in [6, 6.07) is 3.46. The van der Waals surface area contributed by atoms with E-state index < -0.39 is 0 Å². The molecule has 4 nitrogen and oxygen atoms in total. The van der Waals surface area contributed by atoms with Crippen LogP contribution in [0.3, 0.4) is 0 Å². The van der Waals surface area contributed by atoms with E-state index in [1.807, 2.05) is 0 Å². The van der Waals surface area contributed by atoms with Crippen LogP contribution >= 0.6 is 11.6 Å². The normalized spacial score (nSPS) is 11.2. The number of nitrogens with one attached hydrogen (secondary N) is 1. The third kappa shape index (κ3) is 3.14. The monoisotopic (exact) mass is 211 g/mol. The summed E-state index contributed by atoms with van der Waals surface area (Å²) >= 11 is 5.62. The van der Waals surface area contributed by atoms with Gasteiger partial charge in [-0.1, -0.05) is 11.6 Å². The molecular weight excluding hydrogens is 202 g/mol. The van der Waals surface area contributed by atoms with Gasteiger partial charge in [0.25, 0.3) is 0 Å². The second-order valence-electron chi connectivity index (χ2n) is 2.73. The Bertz CT molecular complexity index is 359. The molecule has 0 aliphatic carbocycles. The predicted molar refractivity (Wildman–Crippen MR) is 55.3 cm³/mol. The summed E-state index contributed by atoms with van der Waals surface area (Å²) in [4.78, 5) is 14.5. The first-order valence-corrected chi connectivity index (χ1v) is 4.40. The van der Waals surface area contributed by atoms with Crippen molar-refractivity contribution in [1.29, 1.82) is 0 Å². The maximum Gasteiger partial charge on any atom is 0.236 e. The largest absolute Gasteiger partial charge is 0.274 e. The van der Waals surface area contributed by atoms with Gasteiger partial charge in [-0.15, -0.1) is 0 Å². The average molecular weight is 212 g/mol. The van der Waals surface area contributed by atoms with E-state index in [4.69, 9.17) is 11.6 Å². The van der Waals surface area contributed by atoms with Crippen LogP contribution in [0.1, 0.15) is 19.4 Å². The maximum absolute atomic E-state index is 10.6. The SMILES string of the molecule is CC(=O)NN=C(C)c1ccc(Cl)nc1. The smallest absolute Gasteiger partial charge is 0.236 e. The molecular formula is C9H10ClN3O. The average Bonchev–Trinajstić information content (AvgIpc) is 2.15. The molecule has 1 heterocycles. The molecule has 0 aromatic carbocycles. The number of pyridine rings is 1. The molecule has 0 saturated heterocycles. The first-order chi connectivity index (χ1) is 6.59. The highest BCUT2D eigenvalue weighted by Gasteiger charge is 1.98. The lowest BCUT2D eigenvalue weighted by molar-refractivity contribution is -0.118. The molecule has 0 spiro atoms. The zero-order valence-electron chi connectivity index (χ0n) is 7.91. The highest BCUT2D eigenvalue weighted by Crippen LogP contribution is 2.05. The van der Waals surface area contributed by atoms with Crippen molar-refractivity contribution < 1.29 is 4.79 Å².